The second-order valence-corrected chi connectivity index (χ2v) is 15.3. The Morgan fingerprint density at radius 2 is 1.93 bits per heavy atom. The molecule has 2 aromatic carbocycles. The fourth-order valence-corrected chi connectivity index (χ4v) is 9.09. The fraction of sp³-hybridized carbons (Fsp3) is 0.571. The first-order chi connectivity index (χ1) is 22.3. The van der Waals surface area contributed by atoms with Gasteiger partial charge in [0.1, 0.15) is 12.4 Å². The lowest BCUT2D eigenvalue weighted by atomic mass is 9.70. The minimum atomic E-state index is -3.97. The molecule has 4 aliphatic rings. The van der Waals surface area contributed by atoms with Gasteiger partial charge in [0.15, 0.2) is 0 Å². The zero-order chi connectivity index (χ0) is 32.1. The van der Waals surface area contributed by atoms with Crippen molar-refractivity contribution in [1.82, 2.24) is 4.72 Å². The van der Waals surface area contributed by atoms with E-state index in [1.807, 2.05) is 24.3 Å². The van der Waals surface area contributed by atoms with E-state index in [1.165, 1.54) is 5.56 Å². The van der Waals surface area contributed by atoms with Crippen LogP contribution >= 0.6 is 11.6 Å². The molecular formula is C35H45ClN2O7S. The first-order valence-corrected chi connectivity index (χ1v) is 18.4. The molecule has 0 spiro atoms. The van der Waals surface area contributed by atoms with Crippen LogP contribution in [-0.4, -0.2) is 72.3 Å². The summed E-state index contributed by atoms with van der Waals surface area (Å²) in [5, 5.41) is -0.0227. The minimum Gasteiger partial charge on any atom is -0.487 e. The number of halogens is 1. The Morgan fingerprint density at radius 1 is 1.04 bits per heavy atom. The standard InChI is InChI=1S/C35H45ClN2O7S/c1-42-17-18-44-32-7-4-6-28-22-43-16-14-34(28)46(40,41)37-35(39)25-10-13-33-31(20-25)38(21-26-9-12-30(26)32)15-3-2-5-24-19-29(36)11-8-27(24)23-45-33/h4,7-8,10-11,13,19-20,26,28,30,32,34H,2-3,5-6,9,12,14-18,21-23H2,1H3,(H,37,39)/b7-4+/t26-,28+,30+,32-,34+/m0/s1. The maximum absolute atomic E-state index is 13.6. The Morgan fingerprint density at radius 3 is 2.76 bits per heavy atom. The second kappa shape index (κ2) is 15.1. The van der Waals surface area contributed by atoms with Gasteiger partial charge in [0, 0.05) is 43.3 Å². The molecule has 1 N–H and O–H groups in total. The molecule has 1 saturated heterocycles. The molecule has 6 rings (SSSR count). The summed E-state index contributed by atoms with van der Waals surface area (Å²) >= 11 is 6.35. The number of hydrogen-bond donors (Lipinski definition) is 1. The number of rotatable bonds is 4. The van der Waals surface area contributed by atoms with Crippen molar-refractivity contribution in [3.63, 3.8) is 0 Å². The van der Waals surface area contributed by atoms with Crippen molar-refractivity contribution in [3.8, 4) is 5.75 Å². The van der Waals surface area contributed by atoms with Crippen molar-refractivity contribution < 1.29 is 32.2 Å². The van der Waals surface area contributed by atoms with Crippen molar-refractivity contribution in [3.05, 3.63) is 70.3 Å². The van der Waals surface area contributed by atoms with Crippen molar-refractivity contribution in [2.24, 2.45) is 17.8 Å². The maximum atomic E-state index is 13.6. The highest BCUT2D eigenvalue weighted by Crippen LogP contribution is 2.42. The summed E-state index contributed by atoms with van der Waals surface area (Å²) in [6.45, 7) is 3.57. The first-order valence-electron chi connectivity index (χ1n) is 16.5. The van der Waals surface area contributed by atoms with E-state index in [-0.39, 0.29) is 12.0 Å². The number of nitrogens with one attached hydrogen (secondary N) is 1. The zero-order valence-corrected chi connectivity index (χ0v) is 28.1. The number of nitrogens with zero attached hydrogens (tertiary/aromatic N) is 1. The average Bonchev–Trinajstić information content (AvgIpc) is 3.05. The summed E-state index contributed by atoms with van der Waals surface area (Å²) in [5.41, 5.74) is 3.36. The molecule has 46 heavy (non-hydrogen) atoms. The molecule has 1 saturated carbocycles. The van der Waals surface area contributed by atoms with Gasteiger partial charge in [-0.05, 0) is 98.2 Å². The van der Waals surface area contributed by atoms with E-state index in [1.54, 1.807) is 25.3 Å². The second-order valence-electron chi connectivity index (χ2n) is 12.9. The Kier molecular flexibility index (Phi) is 10.9. The summed E-state index contributed by atoms with van der Waals surface area (Å²) in [5.74, 6) is 0.454. The van der Waals surface area contributed by atoms with Gasteiger partial charge in [-0.15, -0.1) is 0 Å². The molecule has 1 aliphatic carbocycles. The smallest absolute Gasteiger partial charge is 0.264 e. The molecule has 2 bridgehead atoms. The minimum absolute atomic E-state index is 0.105. The lowest BCUT2D eigenvalue weighted by molar-refractivity contribution is -0.0309. The number of allylic oxidation sites excluding steroid dienone is 1. The Bertz CT molecular complexity index is 1520. The summed E-state index contributed by atoms with van der Waals surface area (Å²) in [4.78, 5) is 15.9. The van der Waals surface area contributed by atoms with Gasteiger partial charge >= 0.3 is 0 Å². The van der Waals surface area contributed by atoms with Gasteiger partial charge in [-0.25, -0.2) is 13.1 Å². The van der Waals surface area contributed by atoms with Gasteiger partial charge in [-0.3, -0.25) is 4.79 Å². The lowest BCUT2D eigenvalue weighted by Gasteiger charge is -2.44. The number of fused-ring (bicyclic) bond motifs is 4. The largest absolute Gasteiger partial charge is 0.487 e. The number of anilines is 1. The molecule has 3 aliphatic heterocycles. The lowest BCUT2D eigenvalue weighted by Crippen LogP contribution is -2.46. The molecule has 2 fully saturated rings. The number of amides is 1. The van der Waals surface area contributed by atoms with E-state index in [0.717, 1.165) is 56.4 Å². The average molecular weight is 673 g/mol. The van der Waals surface area contributed by atoms with Crippen molar-refractivity contribution in [2.75, 3.05) is 51.5 Å². The van der Waals surface area contributed by atoms with Crippen LogP contribution in [0.4, 0.5) is 5.69 Å². The van der Waals surface area contributed by atoms with Crippen molar-refractivity contribution in [1.29, 1.82) is 0 Å². The third-order valence-electron chi connectivity index (χ3n) is 9.99. The molecule has 250 valence electrons. The summed E-state index contributed by atoms with van der Waals surface area (Å²) in [7, 11) is -2.30. The predicted octanol–water partition coefficient (Wildman–Crippen LogP) is 5.54. The van der Waals surface area contributed by atoms with Crippen molar-refractivity contribution in [2.45, 2.75) is 62.9 Å². The molecule has 0 unspecified atom stereocenters. The number of aryl methyl sites for hydroxylation is 1. The van der Waals surface area contributed by atoms with E-state index >= 15 is 0 Å². The van der Waals surface area contributed by atoms with Gasteiger partial charge in [0.2, 0.25) is 10.0 Å². The highest BCUT2D eigenvalue weighted by Gasteiger charge is 2.40. The number of methoxy groups -OCH3 is 1. The fourth-order valence-electron chi connectivity index (χ4n) is 7.26. The van der Waals surface area contributed by atoms with E-state index in [9.17, 15) is 13.2 Å². The Balaban J connectivity index is 1.37. The molecule has 9 nitrogen and oxygen atoms in total. The topological polar surface area (TPSA) is 103 Å². The normalized spacial score (nSPS) is 29.0. The van der Waals surface area contributed by atoms with Crippen LogP contribution in [0.15, 0.2) is 48.6 Å². The van der Waals surface area contributed by atoms with Gasteiger partial charge in [0.25, 0.3) is 5.91 Å². The van der Waals surface area contributed by atoms with E-state index < -0.39 is 21.2 Å². The molecule has 2 aromatic rings. The van der Waals surface area contributed by atoms with Crippen LogP contribution < -0.4 is 14.4 Å². The van der Waals surface area contributed by atoms with Crippen molar-refractivity contribution >= 4 is 33.2 Å². The quantitative estimate of drug-likeness (QED) is 0.334. The third kappa shape index (κ3) is 7.73. The van der Waals surface area contributed by atoms with Crippen LogP contribution in [-0.2, 0) is 37.3 Å². The summed E-state index contributed by atoms with van der Waals surface area (Å²) in [6.07, 6.45) is 9.85. The Hall–Kier alpha value is -2.63. The maximum Gasteiger partial charge on any atom is 0.264 e. The van der Waals surface area contributed by atoms with Crippen LogP contribution in [0.2, 0.25) is 5.02 Å². The summed E-state index contributed by atoms with van der Waals surface area (Å²) < 4.78 is 53.5. The monoisotopic (exact) mass is 672 g/mol. The molecule has 0 radical (unpaired) electrons. The Labute approximate surface area is 277 Å². The van der Waals surface area contributed by atoms with Crippen LogP contribution in [0.25, 0.3) is 0 Å². The molecule has 1 amide bonds. The predicted molar refractivity (Wildman–Crippen MR) is 178 cm³/mol. The number of carbonyl (C=O) groups excluding carboxylic acids is 1. The molecular weight excluding hydrogens is 628 g/mol. The van der Waals surface area contributed by atoms with Crippen LogP contribution in [0.5, 0.6) is 5.75 Å². The highest BCUT2D eigenvalue weighted by molar-refractivity contribution is 7.90. The van der Waals surface area contributed by atoms with E-state index in [4.69, 9.17) is 30.5 Å². The summed E-state index contributed by atoms with van der Waals surface area (Å²) in [6, 6.07) is 11.2. The van der Waals surface area contributed by atoms with Gasteiger partial charge in [-0.1, -0.05) is 29.8 Å². The molecule has 11 heteroatoms. The number of hydrogen-bond acceptors (Lipinski definition) is 8. The zero-order valence-electron chi connectivity index (χ0n) is 26.5. The van der Waals surface area contributed by atoms with Crippen LogP contribution in [0.1, 0.15) is 60.0 Å². The van der Waals surface area contributed by atoms with Gasteiger partial charge < -0.3 is 23.8 Å². The number of sulfonamides is 1. The number of carbonyl (C=O) groups is 1. The van der Waals surface area contributed by atoms with E-state index in [0.29, 0.717) is 74.0 Å². The van der Waals surface area contributed by atoms with Gasteiger partial charge in [0.05, 0.1) is 36.9 Å². The highest BCUT2D eigenvalue weighted by atomic mass is 35.5. The number of ether oxygens (including phenoxy) is 4. The number of benzene rings is 2. The SMILES string of the molecule is COCCO[C@H]1/C=C/C[C@@H]2COCC[C@H]2S(=O)(=O)NC(=O)c2ccc3c(c2)N(CCCCc2cc(Cl)ccc2CO3)C[C@@H]2CC[C@H]21. The molecule has 0 aromatic heterocycles. The first kappa shape index (κ1) is 33.3. The molecule has 5 atom stereocenters. The van der Waals surface area contributed by atoms with Crippen LogP contribution in [0.3, 0.4) is 0 Å². The van der Waals surface area contributed by atoms with E-state index in [2.05, 4.69) is 15.7 Å². The third-order valence-corrected chi connectivity index (χ3v) is 12.1. The molecule has 3 heterocycles. The van der Waals surface area contributed by atoms with Crippen LogP contribution in [0, 0.1) is 17.8 Å². The van der Waals surface area contributed by atoms with Gasteiger partial charge in [-0.2, -0.15) is 0 Å².